The van der Waals surface area contributed by atoms with Crippen LogP contribution in [0, 0.1) is 0 Å². The molecule has 6 heteroatoms. The largest absolute Gasteiger partial charge is 0.330 e. The first kappa shape index (κ1) is 11.6. The van der Waals surface area contributed by atoms with E-state index in [1.807, 2.05) is 24.4 Å². The van der Waals surface area contributed by atoms with Crippen LogP contribution in [0.4, 0.5) is 0 Å². The van der Waals surface area contributed by atoms with E-state index in [0.29, 0.717) is 11.6 Å². The predicted molar refractivity (Wildman–Crippen MR) is 66.8 cm³/mol. The highest BCUT2D eigenvalue weighted by Gasteiger charge is 2.08. The molecule has 0 spiro atoms. The van der Waals surface area contributed by atoms with E-state index >= 15 is 0 Å². The standard InChI is InChI=1S/C10H10BrClN4/c11-10-8(12)2-1-3-9(10)16-6-7(4-5-13)14-15-16/h1-3,6H,4-5,13H2. The van der Waals surface area contributed by atoms with Gasteiger partial charge in [-0.15, -0.1) is 5.10 Å². The van der Waals surface area contributed by atoms with Gasteiger partial charge >= 0.3 is 0 Å². The Labute approximate surface area is 107 Å². The molecule has 0 saturated heterocycles. The first-order valence-corrected chi connectivity index (χ1v) is 5.95. The maximum atomic E-state index is 6.00. The molecule has 1 aromatic carbocycles. The molecule has 0 saturated carbocycles. The summed E-state index contributed by atoms with van der Waals surface area (Å²) < 4.78 is 2.49. The van der Waals surface area contributed by atoms with Crippen molar-refractivity contribution in [1.29, 1.82) is 0 Å². The number of nitrogens with two attached hydrogens (primary N) is 1. The van der Waals surface area contributed by atoms with E-state index in [-0.39, 0.29) is 0 Å². The van der Waals surface area contributed by atoms with Crippen LogP contribution < -0.4 is 5.73 Å². The molecule has 0 amide bonds. The maximum Gasteiger partial charge on any atom is 0.0844 e. The molecule has 0 unspecified atom stereocenters. The Morgan fingerprint density at radius 2 is 2.25 bits per heavy atom. The van der Waals surface area contributed by atoms with Gasteiger partial charge in [0.05, 0.1) is 27.1 Å². The van der Waals surface area contributed by atoms with Gasteiger partial charge in [0.15, 0.2) is 0 Å². The molecule has 0 bridgehead atoms. The molecule has 2 N–H and O–H groups in total. The minimum atomic E-state index is 0.565. The van der Waals surface area contributed by atoms with Gasteiger partial charge in [0.2, 0.25) is 0 Å². The average molecular weight is 302 g/mol. The molecule has 0 aliphatic rings. The van der Waals surface area contributed by atoms with Crippen molar-refractivity contribution in [2.75, 3.05) is 6.54 Å². The van der Waals surface area contributed by atoms with E-state index in [0.717, 1.165) is 22.3 Å². The van der Waals surface area contributed by atoms with Crippen molar-refractivity contribution in [3.63, 3.8) is 0 Å². The summed E-state index contributed by atoms with van der Waals surface area (Å²) in [5.41, 5.74) is 7.19. The summed E-state index contributed by atoms with van der Waals surface area (Å²) in [7, 11) is 0. The number of benzene rings is 1. The lowest BCUT2D eigenvalue weighted by molar-refractivity contribution is 0.792. The smallest absolute Gasteiger partial charge is 0.0844 e. The zero-order valence-corrected chi connectivity index (χ0v) is 10.7. The van der Waals surface area contributed by atoms with Gasteiger partial charge in [0.1, 0.15) is 0 Å². The van der Waals surface area contributed by atoms with Crippen LogP contribution in [0.15, 0.2) is 28.9 Å². The van der Waals surface area contributed by atoms with Gasteiger partial charge in [0.25, 0.3) is 0 Å². The minimum absolute atomic E-state index is 0.565. The molecule has 2 rings (SSSR count). The van der Waals surface area contributed by atoms with Crippen LogP contribution in [0.25, 0.3) is 5.69 Å². The first-order chi connectivity index (χ1) is 7.72. The van der Waals surface area contributed by atoms with E-state index in [2.05, 4.69) is 26.2 Å². The Hall–Kier alpha value is -0.910. The molecule has 0 aliphatic carbocycles. The summed E-state index contributed by atoms with van der Waals surface area (Å²) in [5, 5.41) is 8.70. The third-order valence-corrected chi connectivity index (χ3v) is 3.50. The van der Waals surface area contributed by atoms with E-state index < -0.39 is 0 Å². The summed E-state index contributed by atoms with van der Waals surface area (Å²) in [6.45, 7) is 0.565. The van der Waals surface area contributed by atoms with Crippen molar-refractivity contribution in [2.24, 2.45) is 5.73 Å². The second kappa shape index (κ2) is 4.95. The fourth-order valence-electron chi connectivity index (χ4n) is 1.35. The van der Waals surface area contributed by atoms with Crippen molar-refractivity contribution in [2.45, 2.75) is 6.42 Å². The molecule has 0 radical (unpaired) electrons. The van der Waals surface area contributed by atoms with Crippen molar-refractivity contribution in [3.8, 4) is 5.69 Å². The van der Waals surface area contributed by atoms with Crippen LogP contribution in [-0.4, -0.2) is 21.5 Å². The number of hydrogen-bond donors (Lipinski definition) is 1. The number of nitrogens with zero attached hydrogens (tertiary/aromatic N) is 3. The summed E-state index contributed by atoms with van der Waals surface area (Å²) in [6, 6.07) is 5.59. The molecule has 0 atom stereocenters. The van der Waals surface area contributed by atoms with E-state index in [9.17, 15) is 0 Å². The zero-order chi connectivity index (χ0) is 11.5. The molecule has 2 aromatic rings. The molecule has 0 aliphatic heterocycles. The molecule has 84 valence electrons. The second-order valence-electron chi connectivity index (χ2n) is 3.27. The van der Waals surface area contributed by atoms with Crippen LogP contribution in [0.3, 0.4) is 0 Å². The summed E-state index contributed by atoms with van der Waals surface area (Å²) in [6.07, 6.45) is 2.57. The Balaban J connectivity index is 2.39. The predicted octanol–water partition coefficient (Wildman–Crippen LogP) is 2.18. The Bertz CT molecular complexity index is 497. The van der Waals surface area contributed by atoms with Crippen LogP contribution in [0.5, 0.6) is 0 Å². The normalized spacial score (nSPS) is 10.7. The molecular formula is C10H10BrClN4. The van der Waals surface area contributed by atoms with Gasteiger partial charge < -0.3 is 5.73 Å². The molecule has 4 nitrogen and oxygen atoms in total. The maximum absolute atomic E-state index is 6.00. The van der Waals surface area contributed by atoms with Gasteiger partial charge in [-0.05, 0) is 34.6 Å². The lowest BCUT2D eigenvalue weighted by Crippen LogP contribution is -2.02. The quantitative estimate of drug-likeness (QED) is 0.945. The van der Waals surface area contributed by atoms with Crippen LogP contribution in [-0.2, 0) is 6.42 Å². The molecule has 16 heavy (non-hydrogen) atoms. The number of aromatic nitrogens is 3. The van der Waals surface area contributed by atoms with Crippen LogP contribution in [0.1, 0.15) is 5.69 Å². The lowest BCUT2D eigenvalue weighted by atomic mass is 10.3. The average Bonchev–Trinajstić information content (AvgIpc) is 2.71. The van der Waals surface area contributed by atoms with E-state index in [1.54, 1.807) is 4.68 Å². The van der Waals surface area contributed by atoms with Crippen molar-refractivity contribution < 1.29 is 0 Å². The Morgan fingerprint density at radius 1 is 1.44 bits per heavy atom. The van der Waals surface area contributed by atoms with Crippen molar-refractivity contribution in [3.05, 3.63) is 39.6 Å². The topological polar surface area (TPSA) is 56.7 Å². The highest BCUT2D eigenvalue weighted by molar-refractivity contribution is 9.10. The van der Waals surface area contributed by atoms with E-state index in [4.69, 9.17) is 17.3 Å². The summed E-state index contributed by atoms with van der Waals surface area (Å²) in [4.78, 5) is 0. The third kappa shape index (κ3) is 2.26. The number of hydrogen-bond acceptors (Lipinski definition) is 3. The molecular weight excluding hydrogens is 291 g/mol. The summed E-state index contributed by atoms with van der Waals surface area (Å²) in [5.74, 6) is 0. The summed E-state index contributed by atoms with van der Waals surface area (Å²) >= 11 is 9.42. The highest BCUT2D eigenvalue weighted by Crippen LogP contribution is 2.28. The Kier molecular flexibility index (Phi) is 3.58. The number of halogens is 2. The monoisotopic (exact) mass is 300 g/mol. The second-order valence-corrected chi connectivity index (χ2v) is 4.47. The fraction of sp³-hybridized carbons (Fsp3) is 0.200. The van der Waals surface area contributed by atoms with Gasteiger partial charge in [-0.3, -0.25) is 0 Å². The first-order valence-electron chi connectivity index (χ1n) is 4.78. The van der Waals surface area contributed by atoms with Gasteiger partial charge in [0, 0.05) is 6.42 Å². The van der Waals surface area contributed by atoms with E-state index in [1.165, 1.54) is 0 Å². The highest BCUT2D eigenvalue weighted by atomic mass is 79.9. The third-order valence-electron chi connectivity index (χ3n) is 2.12. The molecule has 0 fully saturated rings. The van der Waals surface area contributed by atoms with Crippen molar-refractivity contribution >= 4 is 27.5 Å². The van der Waals surface area contributed by atoms with Gasteiger partial charge in [-0.25, -0.2) is 4.68 Å². The van der Waals surface area contributed by atoms with Gasteiger partial charge in [-0.2, -0.15) is 0 Å². The van der Waals surface area contributed by atoms with Crippen LogP contribution >= 0.6 is 27.5 Å². The molecule has 1 aromatic heterocycles. The zero-order valence-electron chi connectivity index (χ0n) is 8.40. The Morgan fingerprint density at radius 3 is 3.00 bits per heavy atom. The van der Waals surface area contributed by atoms with Gasteiger partial charge in [-0.1, -0.05) is 22.9 Å². The minimum Gasteiger partial charge on any atom is -0.330 e. The SMILES string of the molecule is NCCc1cn(-c2cccc(Cl)c2Br)nn1. The van der Waals surface area contributed by atoms with Crippen LogP contribution in [0.2, 0.25) is 5.02 Å². The van der Waals surface area contributed by atoms with Crippen molar-refractivity contribution in [1.82, 2.24) is 15.0 Å². The lowest BCUT2D eigenvalue weighted by Gasteiger charge is -2.04. The molecule has 1 heterocycles. The fourth-order valence-corrected chi connectivity index (χ4v) is 1.96. The number of rotatable bonds is 3.